The number of carbonyl (C=O) groups is 3. The van der Waals surface area contributed by atoms with Gasteiger partial charge in [0.25, 0.3) is 5.91 Å². The summed E-state index contributed by atoms with van der Waals surface area (Å²) in [6, 6.07) is 6.52. The van der Waals surface area contributed by atoms with Crippen molar-refractivity contribution in [2.24, 2.45) is 22.5 Å². The van der Waals surface area contributed by atoms with Crippen LogP contribution in [0.15, 0.2) is 30.3 Å². The first-order valence-electron chi connectivity index (χ1n) is 11.6. The number of amides is 2. The fourth-order valence-corrected chi connectivity index (χ4v) is 8.42. The summed E-state index contributed by atoms with van der Waals surface area (Å²) in [5.41, 5.74) is 4.54. The maximum absolute atomic E-state index is 13.9. The van der Waals surface area contributed by atoms with Crippen molar-refractivity contribution < 1.29 is 22.8 Å². The summed E-state index contributed by atoms with van der Waals surface area (Å²) in [7, 11) is -4.22. The first kappa shape index (κ1) is 23.9. The first-order valence-corrected chi connectivity index (χ1v) is 13.2. The summed E-state index contributed by atoms with van der Waals surface area (Å²) in [5, 5.41) is 0. The number of carbonyl (C=O) groups excluding carboxylic acids is 3. The van der Waals surface area contributed by atoms with Crippen LogP contribution in [0, 0.1) is 16.7 Å². The highest BCUT2D eigenvalue weighted by molar-refractivity contribution is 7.93. The van der Waals surface area contributed by atoms with Crippen LogP contribution in [0.2, 0.25) is 0 Å². The number of benzene rings is 1. The van der Waals surface area contributed by atoms with E-state index in [9.17, 15) is 22.8 Å². The Bertz CT molecular complexity index is 1070. The van der Waals surface area contributed by atoms with Gasteiger partial charge in [-0.05, 0) is 56.1 Å². The largest absolute Gasteiger partial charge is 0.329 e. The lowest BCUT2D eigenvalue weighted by atomic mass is 9.70. The number of Topliss-reactive ketones (excluding diaryl/α,β-unsaturated/α-hetero) is 1. The Balaban J connectivity index is 1.73. The van der Waals surface area contributed by atoms with Gasteiger partial charge in [0, 0.05) is 13.0 Å². The van der Waals surface area contributed by atoms with Crippen molar-refractivity contribution in [2.75, 3.05) is 16.6 Å². The quantitative estimate of drug-likeness (QED) is 0.673. The minimum Gasteiger partial charge on any atom is -0.329 e. The summed E-state index contributed by atoms with van der Waals surface area (Å²) >= 11 is 0. The second kappa shape index (κ2) is 8.20. The number of likely N-dealkylation sites (tertiary alicyclic amines) is 1. The molecule has 1 aliphatic heterocycles. The van der Waals surface area contributed by atoms with Gasteiger partial charge in [-0.15, -0.1) is 0 Å². The van der Waals surface area contributed by atoms with E-state index >= 15 is 0 Å². The molecule has 1 aromatic rings. The van der Waals surface area contributed by atoms with Gasteiger partial charge in [0.05, 0.1) is 22.9 Å². The van der Waals surface area contributed by atoms with Crippen molar-refractivity contribution in [1.82, 2.24) is 4.90 Å². The van der Waals surface area contributed by atoms with Crippen LogP contribution in [0.4, 0.5) is 5.69 Å². The average Bonchev–Trinajstić information content (AvgIpc) is 3.37. The molecule has 180 valence electrons. The van der Waals surface area contributed by atoms with Crippen molar-refractivity contribution in [1.29, 1.82) is 0 Å². The Hall–Kier alpha value is -2.26. The molecule has 2 aliphatic carbocycles. The normalized spacial score (nSPS) is 29.3. The predicted molar refractivity (Wildman–Crippen MR) is 125 cm³/mol. The maximum Gasteiger partial charge on any atom is 0.263 e. The van der Waals surface area contributed by atoms with Crippen molar-refractivity contribution in [3.05, 3.63) is 30.3 Å². The number of ketones is 1. The van der Waals surface area contributed by atoms with Crippen LogP contribution in [-0.2, 0) is 24.4 Å². The van der Waals surface area contributed by atoms with E-state index in [0.29, 0.717) is 32.2 Å². The molecule has 2 bridgehead atoms. The molecule has 0 spiro atoms. The van der Waals surface area contributed by atoms with Crippen LogP contribution < -0.4 is 10.0 Å². The van der Waals surface area contributed by atoms with E-state index in [4.69, 9.17) is 5.73 Å². The summed E-state index contributed by atoms with van der Waals surface area (Å²) < 4.78 is 28.7. The number of hydrogen-bond donors (Lipinski definition) is 1. The van der Waals surface area contributed by atoms with Crippen molar-refractivity contribution in [3.63, 3.8) is 0 Å². The predicted octanol–water partition coefficient (Wildman–Crippen LogP) is 2.08. The van der Waals surface area contributed by atoms with Gasteiger partial charge in [0.15, 0.2) is 0 Å². The van der Waals surface area contributed by atoms with Gasteiger partial charge in [0.2, 0.25) is 15.9 Å². The van der Waals surface area contributed by atoms with Crippen LogP contribution in [0.25, 0.3) is 0 Å². The van der Waals surface area contributed by atoms with Gasteiger partial charge in [-0.2, -0.15) is 0 Å². The molecule has 2 amide bonds. The molecule has 1 heterocycles. The first-order chi connectivity index (χ1) is 15.4. The Kier molecular flexibility index (Phi) is 5.93. The van der Waals surface area contributed by atoms with Gasteiger partial charge < -0.3 is 10.6 Å². The monoisotopic (exact) mass is 475 g/mol. The van der Waals surface area contributed by atoms with Gasteiger partial charge in [0.1, 0.15) is 11.8 Å². The number of nitrogens with two attached hydrogens (primary N) is 1. The summed E-state index contributed by atoms with van der Waals surface area (Å²) in [6.07, 6.45) is 2.68. The summed E-state index contributed by atoms with van der Waals surface area (Å²) in [4.78, 5) is 40.8. The van der Waals surface area contributed by atoms with Gasteiger partial charge in [-0.1, -0.05) is 32.0 Å². The van der Waals surface area contributed by atoms with Crippen LogP contribution in [0.3, 0.4) is 0 Å². The number of fused-ring (bicyclic) bond motifs is 2. The zero-order chi connectivity index (χ0) is 24.2. The zero-order valence-electron chi connectivity index (χ0n) is 19.5. The number of para-hydroxylation sites is 1. The van der Waals surface area contributed by atoms with Crippen molar-refractivity contribution >= 4 is 33.3 Å². The van der Waals surface area contributed by atoms with E-state index in [-0.39, 0.29) is 23.3 Å². The highest BCUT2D eigenvalue weighted by atomic mass is 32.2. The van der Waals surface area contributed by atoms with E-state index in [2.05, 4.69) is 0 Å². The zero-order valence-corrected chi connectivity index (χ0v) is 20.3. The minimum atomic E-state index is -4.22. The molecule has 1 saturated heterocycles. The van der Waals surface area contributed by atoms with Gasteiger partial charge in [-0.3, -0.25) is 14.4 Å². The van der Waals surface area contributed by atoms with Crippen molar-refractivity contribution in [3.8, 4) is 0 Å². The van der Waals surface area contributed by atoms with Crippen LogP contribution in [0.1, 0.15) is 52.9 Å². The molecule has 33 heavy (non-hydrogen) atoms. The second-order valence-electron chi connectivity index (χ2n) is 10.3. The average molecular weight is 476 g/mol. The lowest BCUT2D eigenvalue weighted by molar-refractivity contribution is -0.137. The molecule has 2 unspecified atom stereocenters. The maximum atomic E-state index is 13.9. The standard InChI is InChI=1S/C24H33N3O5S/c1-16(25)21(29)26-13-7-10-19(26)22(30)27(18-8-5-4-6-9-18)33(31,32)15-24-12-11-17(14-20(24)28)23(24,2)3/h4-6,8-9,16-17,19H,7,10-15,25H2,1-3H3/t16-,17?,19-,24?/m0/s1. The minimum absolute atomic E-state index is 0.0255. The number of hydrogen-bond acceptors (Lipinski definition) is 6. The molecule has 2 saturated carbocycles. The topological polar surface area (TPSA) is 118 Å². The number of rotatable bonds is 6. The lowest BCUT2D eigenvalue weighted by Gasteiger charge is -2.38. The molecule has 3 fully saturated rings. The lowest BCUT2D eigenvalue weighted by Crippen LogP contribution is -2.55. The van der Waals surface area contributed by atoms with Gasteiger partial charge in [-0.25, -0.2) is 12.7 Å². The fraction of sp³-hybridized carbons (Fsp3) is 0.625. The fourth-order valence-electron chi connectivity index (χ4n) is 6.16. The SMILES string of the molecule is C[C@H](N)C(=O)N1CCC[C@H]1C(=O)N(c1ccccc1)S(=O)(=O)CC12CCC(CC1=O)C2(C)C. The molecule has 3 aliphatic rings. The summed E-state index contributed by atoms with van der Waals surface area (Å²) in [5.74, 6) is -1.31. The Morgan fingerprint density at radius 2 is 1.88 bits per heavy atom. The number of sulfonamides is 1. The third-order valence-electron chi connectivity index (χ3n) is 8.25. The number of nitrogens with zero attached hydrogens (tertiary/aromatic N) is 2. The van der Waals surface area contributed by atoms with E-state index < -0.39 is 44.6 Å². The van der Waals surface area contributed by atoms with E-state index in [0.717, 1.165) is 10.7 Å². The smallest absolute Gasteiger partial charge is 0.263 e. The number of anilines is 1. The van der Waals surface area contributed by atoms with E-state index in [1.807, 2.05) is 13.8 Å². The molecule has 0 aromatic heterocycles. The molecule has 8 nitrogen and oxygen atoms in total. The van der Waals surface area contributed by atoms with Gasteiger partial charge >= 0.3 is 0 Å². The Morgan fingerprint density at radius 1 is 1.21 bits per heavy atom. The Morgan fingerprint density at radius 3 is 2.42 bits per heavy atom. The van der Waals surface area contributed by atoms with Crippen LogP contribution in [0.5, 0.6) is 0 Å². The van der Waals surface area contributed by atoms with Crippen molar-refractivity contribution in [2.45, 2.75) is 65.0 Å². The molecule has 9 heteroatoms. The highest BCUT2D eigenvalue weighted by Crippen LogP contribution is 2.64. The third-order valence-corrected chi connectivity index (χ3v) is 10.1. The second-order valence-corrected chi connectivity index (χ2v) is 12.2. The summed E-state index contributed by atoms with van der Waals surface area (Å²) in [6.45, 7) is 5.85. The van der Waals surface area contributed by atoms with Crippen LogP contribution >= 0.6 is 0 Å². The molecule has 2 N–H and O–H groups in total. The highest BCUT2D eigenvalue weighted by Gasteiger charge is 2.66. The Labute approximate surface area is 195 Å². The van der Waals surface area contributed by atoms with E-state index in [1.165, 1.54) is 4.90 Å². The molecule has 0 radical (unpaired) electrons. The molecule has 4 atom stereocenters. The third kappa shape index (κ3) is 3.69. The van der Waals surface area contributed by atoms with Crippen LogP contribution in [-0.4, -0.2) is 55.3 Å². The molecule has 1 aromatic carbocycles. The molecular weight excluding hydrogens is 442 g/mol. The molecular formula is C24H33N3O5S. The van der Waals surface area contributed by atoms with E-state index in [1.54, 1.807) is 37.3 Å². The molecule has 4 rings (SSSR count).